The first-order valence-electron chi connectivity index (χ1n) is 8.02. The molecule has 7 nitrogen and oxygen atoms in total. The summed E-state index contributed by atoms with van der Waals surface area (Å²) in [6, 6.07) is 10.1. The summed E-state index contributed by atoms with van der Waals surface area (Å²) >= 11 is 0. The molecule has 4 rings (SSSR count). The van der Waals surface area contributed by atoms with Crippen LogP contribution >= 0.6 is 0 Å². The van der Waals surface area contributed by atoms with Crippen LogP contribution in [0.15, 0.2) is 36.4 Å². The molecular formula is C18H16N2O5. The zero-order valence-electron chi connectivity index (χ0n) is 13.3. The largest absolute Gasteiger partial charge is 0.484 e. The molecule has 25 heavy (non-hydrogen) atoms. The Labute approximate surface area is 143 Å². The molecular weight excluding hydrogens is 324 g/mol. The molecule has 7 heteroatoms. The van der Waals surface area contributed by atoms with Crippen LogP contribution in [0.1, 0.15) is 40.0 Å². The van der Waals surface area contributed by atoms with E-state index in [-0.39, 0.29) is 17.6 Å². The molecule has 2 atom stereocenters. The second kappa shape index (κ2) is 6.08. The summed E-state index contributed by atoms with van der Waals surface area (Å²) in [5.41, 5.74) is 1.79. The third-order valence-electron chi connectivity index (χ3n) is 4.46. The van der Waals surface area contributed by atoms with E-state index in [4.69, 9.17) is 9.47 Å². The van der Waals surface area contributed by atoms with Gasteiger partial charge in [0.2, 0.25) is 0 Å². The zero-order chi connectivity index (χ0) is 17.4. The van der Waals surface area contributed by atoms with Crippen molar-refractivity contribution in [2.75, 3.05) is 13.2 Å². The van der Waals surface area contributed by atoms with E-state index < -0.39 is 11.9 Å². The van der Waals surface area contributed by atoms with E-state index in [1.807, 2.05) is 12.1 Å². The predicted molar refractivity (Wildman–Crippen MR) is 86.9 cm³/mol. The van der Waals surface area contributed by atoms with Crippen LogP contribution in [0.25, 0.3) is 0 Å². The molecule has 2 heterocycles. The fourth-order valence-corrected chi connectivity index (χ4v) is 3.30. The topological polar surface area (TPSA) is 97.8 Å². The summed E-state index contributed by atoms with van der Waals surface area (Å²) in [7, 11) is 0. The van der Waals surface area contributed by atoms with Gasteiger partial charge in [0.15, 0.2) is 5.75 Å². The van der Waals surface area contributed by atoms with Crippen molar-refractivity contribution in [1.29, 1.82) is 0 Å². The fourth-order valence-electron chi connectivity index (χ4n) is 3.30. The molecule has 0 unspecified atom stereocenters. The molecule has 1 aliphatic heterocycles. The molecule has 2 N–H and O–H groups in total. The number of carboxylic acids is 1. The SMILES string of the molecule is O=C(N[C@H]1C[C@@H](C(=O)O)c2ccccc21)c1ccc2c(n1)OCCO2. The lowest BCUT2D eigenvalue weighted by Gasteiger charge is -2.18. The van der Waals surface area contributed by atoms with Crippen molar-refractivity contribution in [2.45, 2.75) is 18.4 Å². The Kier molecular flexibility index (Phi) is 3.76. The van der Waals surface area contributed by atoms with Crippen molar-refractivity contribution in [3.8, 4) is 11.6 Å². The van der Waals surface area contributed by atoms with Crippen molar-refractivity contribution >= 4 is 11.9 Å². The van der Waals surface area contributed by atoms with E-state index in [9.17, 15) is 14.7 Å². The Hall–Kier alpha value is -3.09. The normalized spacial score (nSPS) is 20.6. The van der Waals surface area contributed by atoms with Gasteiger partial charge in [0.1, 0.15) is 18.9 Å². The quantitative estimate of drug-likeness (QED) is 0.885. The van der Waals surface area contributed by atoms with Crippen LogP contribution in [0.3, 0.4) is 0 Å². The number of nitrogens with one attached hydrogen (secondary N) is 1. The number of hydrogen-bond acceptors (Lipinski definition) is 5. The van der Waals surface area contributed by atoms with E-state index in [2.05, 4.69) is 10.3 Å². The van der Waals surface area contributed by atoms with E-state index in [0.29, 0.717) is 31.3 Å². The molecule has 0 spiro atoms. The minimum atomic E-state index is -0.887. The lowest BCUT2D eigenvalue weighted by atomic mass is 10.0. The van der Waals surface area contributed by atoms with Gasteiger partial charge in [0.05, 0.1) is 12.0 Å². The summed E-state index contributed by atoms with van der Waals surface area (Å²) in [6.07, 6.45) is 0.324. The van der Waals surface area contributed by atoms with Crippen LogP contribution in [-0.4, -0.2) is 35.2 Å². The number of ether oxygens (including phenoxy) is 2. The number of carbonyl (C=O) groups is 2. The Morgan fingerprint density at radius 3 is 2.64 bits per heavy atom. The minimum Gasteiger partial charge on any atom is -0.484 e. The highest BCUT2D eigenvalue weighted by Crippen LogP contribution is 2.40. The molecule has 0 radical (unpaired) electrons. The molecule has 2 aliphatic rings. The molecule has 1 aliphatic carbocycles. The number of rotatable bonds is 3. The van der Waals surface area contributed by atoms with Crippen molar-refractivity contribution in [3.63, 3.8) is 0 Å². The third-order valence-corrected chi connectivity index (χ3v) is 4.46. The molecule has 1 amide bonds. The molecule has 128 valence electrons. The Balaban J connectivity index is 1.56. The van der Waals surface area contributed by atoms with Gasteiger partial charge in [0.25, 0.3) is 11.8 Å². The van der Waals surface area contributed by atoms with E-state index >= 15 is 0 Å². The molecule has 0 saturated heterocycles. The highest BCUT2D eigenvalue weighted by molar-refractivity contribution is 5.93. The number of fused-ring (bicyclic) bond motifs is 2. The van der Waals surface area contributed by atoms with Gasteiger partial charge in [0, 0.05) is 0 Å². The molecule has 0 fully saturated rings. The van der Waals surface area contributed by atoms with E-state index in [0.717, 1.165) is 11.1 Å². The van der Waals surface area contributed by atoms with Crippen LogP contribution in [0.5, 0.6) is 11.6 Å². The van der Waals surface area contributed by atoms with Gasteiger partial charge in [-0.3, -0.25) is 9.59 Å². The van der Waals surface area contributed by atoms with Crippen molar-refractivity contribution in [2.24, 2.45) is 0 Å². The average Bonchev–Trinajstić information content (AvgIpc) is 3.00. The number of pyridine rings is 1. The minimum absolute atomic E-state index is 0.209. The maximum absolute atomic E-state index is 12.6. The van der Waals surface area contributed by atoms with Crippen molar-refractivity contribution in [3.05, 3.63) is 53.2 Å². The average molecular weight is 340 g/mol. The Morgan fingerprint density at radius 2 is 1.84 bits per heavy atom. The highest BCUT2D eigenvalue weighted by Gasteiger charge is 2.36. The van der Waals surface area contributed by atoms with Gasteiger partial charge >= 0.3 is 5.97 Å². The Morgan fingerprint density at radius 1 is 1.08 bits per heavy atom. The standard InChI is InChI=1S/C18H16N2O5/c21-16(13-5-6-15-17(20-13)25-8-7-24-15)19-14-9-12(18(22)23)10-3-1-2-4-11(10)14/h1-6,12,14H,7-9H2,(H,19,21)(H,22,23)/t12-,14+/m1/s1. The molecule has 0 saturated carbocycles. The van der Waals surface area contributed by atoms with Gasteiger partial charge in [-0.1, -0.05) is 24.3 Å². The maximum Gasteiger partial charge on any atom is 0.311 e. The summed E-state index contributed by atoms with van der Waals surface area (Å²) in [6.45, 7) is 0.844. The van der Waals surface area contributed by atoms with Crippen LogP contribution in [-0.2, 0) is 4.79 Å². The van der Waals surface area contributed by atoms with Crippen LogP contribution in [0, 0.1) is 0 Å². The molecule has 2 aromatic rings. The van der Waals surface area contributed by atoms with Crippen molar-refractivity contribution in [1.82, 2.24) is 10.3 Å². The number of aliphatic carboxylic acids is 1. The number of nitrogens with zero attached hydrogens (tertiary/aromatic N) is 1. The smallest absolute Gasteiger partial charge is 0.311 e. The van der Waals surface area contributed by atoms with Crippen LogP contribution in [0.2, 0.25) is 0 Å². The summed E-state index contributed by atoms with van der Waals surface area (Å²) < 4.78 is 10.8. The van der Waals surface area contributed by atoms with Gasteiger partial charge in [-0.05, 0) is 29.7 Å². The van der Waals surface area contributed by atoms with E-state index in [1.54, 1.807) is 24.3 Å². The summed E-state index contributed by atoms with van der Waals surface area (Å²) in [5, 5.41) is 12.3. The molecule has 1 aromatic heterocycles. The first-order valence-corrected chi connectivity index (χ1v) is 8.02. The first kappa shape index (κ1) is 15.4. The van der Waals surface area contributed by atoms with Gasteiger partial charge < -0.3 is 19.9 Å². The number of benzene rings is 1. The number of carboxylic acid groups (broad SMARTS) is 1. The lowest BCUT2D eigenvalue weighted by Crippen LogP contribution is -2.28. The van der Waals surface area contributed by atoms with Gasteiger partial charge in [-0.25, -0.2) is 4.98 Å². The van der Waals surface area contributed by atoms with Gasteiger partial charge in [-0.15, -0.1) is 0 Å². The highest BCUT2D eigenvalue weighted by atomic mass is 16.6. The monoisotopic (exact) mass is 340 g/mol. The number of amides is 1. The number of aromatic nitrogens is 1. The van der Waals surface area contributed by atoms with Crippen molar-refractivity contribution < 1.29 is 24.2 Å². The Bertz CT molecular complexity index is 851. The first-order chi connectivity index (χ1) is 12.1. The molecule has 1 aromatic carbocycles. The van der Waals surface area contributed by atoms with Gasteiger partial charge in [-0.2, -0.15) is 0 Å². The maximum atomic E-state index is 12.6. The molecule has 0 bridgehead atoms. The van der Waals surface area contributed by atoms with E-state index in [1.165, 1.54) is 0 Å². The predicted octanol–water partition coefficient (Wildman–Crippen LogP) is 1.90. The van der Waals surface area contributed by atoms with Crippen LogP contribution < -0.4 is 14.8 Å². The second-order valence-corrected chi connectivity index (χ2v) is 5.98. The summed E-state index contributed by atoms with van der Waals surface area (Å²) in [5.74, 6) is -1.06. The second-order valence-electron chi connectivity index (χ2n) is 5.98. The summed E-state index contributed by atoms with van der Waals surface area (Å²) in [4.78, 5) is 28.2. The third kappa shape index (κ3) is 2.77. The fraction of sp³-hybridized carbons (Fsp3) is 0.278. The van der Waals surface area contributed by atoms with Crippen LogP contribution in [0.4, 0.5) is 0 Å². The number of carbonyl (C=O) groups excluding carboxylic acids is 1. The number of hydrogen-bond donors (Lipinski definition) is 2. The zero-order valence-corrected chi connectivity index (χ0v) is 13.3. The lowest BCUT2D eigenvalue weighted by molar-refractivity contribution is -0.138.